The van der Waals surface area contributed by atoms with Crippen molar-refractivity contribution in [1.29, 1.82) is 0 Å². The van der Waals surface area contributed by atoms with E-state index in [4.69, 9.17) is 5.21 Å². The molecule has 0 bridgehead atoms. The quantitative estimate of drug-likeness (QED) is 0.361. The van der Waals surface area contributed by atoms with Gasteiger partial charge in [-0.1, -0.05) is 0 Å². The van der Waals surface area contributed by atoms with Gasteiger partial charge in [0.2, 0.25) is 5.95 Å². The molecule has 1 aromatic heterocycles. The van der Waals surface area contributed by atoms with Crippen LogP contribution in [0.25, 0.3) is 0 Å². The minimum absolute atomic E-state index is 0.0328. The highest BCUT2D eigenvalue weighted by Crippen LogP contribution is 2.46. The fourth-order valence-corrected chi connectivity index (χ4v) is 4.02. The van der Waals surface area contributed by atoms with Gasteiger partial charge in [-0.05, 0) is 35.6 Å². The lowest BCUT2D eigenvalue weighted by Crippen LogP contribution is -2.32. The summed E-state index contributed by atoms with van der Waals surface area (Å²) in [5.74, 6) is -0.0368. The molecule has 4 rings (SSSR count). The Hall–Kier alpha value is -2.93. The molecule has 1 aliphatic carbocycles. The first-order valence-electron chi connectivity index (χ1n) is 9.50. The first-order chi connectivity index (χ1) is 15.0. The molecule has 1 aliphatic heterocycles. The summed E-state index contributed by atoms with van der Waals surface area (Å²) in [6.45, 7) is 1.00. The number of halogens is 6. The van der Waals surface area contributed by atoms with Gasteiger partial charge in [0.25, 0.3) is 5.91 Å². The molecule has 3 N–H and O–H groups in total. The Labute approximate surface area is 177 Å². The molecule has 1 saturated heterocycles. The standard InChI is InChI=1S/C19H17F6N5O2/c20-18(21,22)11-1-9(2-12(3-11)19(23,24)25)4-26-15-13-7-30(8-14(13)15)17-27-5-10(6-28-17)16(31)29-32/h1-3,5-6,13-15,26,32H,4,7-8H2,(H,29,31)/t13-,14+,15?. The molecule has 0 spiro atoms. The van der Waals surface area contributed by atoms with Gasteiger partial charge in [-0.25, -0.2) is 15.4 Å². The van der Waals surface area contributed by atoms with Gasteiger partial charge in [-0.2, -0.15) is 26.3 Å². The van der Waals surface area contributed by atoms with Crippen LogP contribution in [0.3, 0.4) is 0 Å². The zero-order valence-corrected chi connectivity index (χ0v) is 16.2. The van der Waals surface area contributed by atoms with Gasteiger partial charge in [-0.3, -0.25) is 10.0 Å². The van der Waals surface area contributed by atoms with Crippen LogP contribution in [0.4, 0.5) is 32.3 Å². The van der Waals surface area contributed by atoms with Crippen molar-refractivity contribution >= 4 is 11.9 Å². The SMILES string of the molecule is O=C(NO)c1cnc(N2C[C@@H]3C(NCc4cc(C(F)(F)F)cc(C(F)(F)F)c4)[C@@H]3C2)nc1. The molecular formula is C19H17F6N5O2. The van der Waals surface area contributed by atoms with Gasteiger partial charge < -0.3 is 10.2 Å². The number of amides is 1. The van der Waals surface area contributed by atoms with Crippen LogP contribution in [0.2, 0.25) is 0 Å². The summed E-state index contributed by atoms with van der Waals surface area (Å²) in [5, 5.41) is 11.7. The maximum absolute atomic E-state index is 13.0. The van der Waals surface area contributed by atoms with Crippen molar-refractivity contribution in [2.24, 2.45) is 11.8 Å². The summed E-state index contributed by atoms with van der Waals surface area (Å²) in [5.41, 5.74) is -1.19. The molecule has 1 unspecified atom stereocenters. The molecule has 7 nitrogen and oxygen atoms in total. The summed E-state index contributed by atoms with van der Waals surface area (Å²) in [6.07, 6.45) is -7.22. The van der Waals surface area contributed by atoms with Gasteiger partial charge in [0.15, 0.2) is 0 Å². The Bertz CT molecular complexity index is 966. The van der Waals surface area contributed by atoms with Gasteiger partial charge >= 0.3 is 12.4 Å². The lowest BCUT2D eigenvalue weighted by molar-refractivity contribution is -0.143. The van der Waals surface area contributed by atoms with Crippen molar-refractivity contribution < 1.29 is 36.3 Å². The molecule has 1 saturated carbocycles. The molecule has 13 heteroatoms. The van der Waals surface area contributed by atoms with E-state index in [2.05, 4.69) is 15.3 Å². The topological polar surface area (TPSA) is 90.4 Å². The monoisotopic (exact) mass is 461 g/mol. The van der Waals surface area contributed by atoms with Crippen molar-refractivity contribution in [2.45, 2.75) is 24.9 Å². The Morgan fingerprint density at radius 2 is 1.53 bits per heavy atom. The van der Waals surface area contributed by atoms with E-state index in [9.17, 15) is 31.1 Å². The van der Waals surface area contributed by atoms with E-state index in [0.717, 1.165) is 12.1 Å². The minimum Gasteiger partial charge on any atom is -0.340 e. The largest absolute Gasteiger partial charge is 0.416 e. The molecule has 3 atom stereocenters. The van der Waals surface area contributed by atoms with Gasteiger partial charge in [0.05, 0.1) is 16.7 Å². The molecule has 1 amide bonds. The highest BCUT2D eigenvalue weighted by molar-refractivity contribution is 5.92. The number of rotatable bonds is 5. The van der Waals surface area contributed by atoms with Crippen LogP contribution in [-0.4, -0.2) is 40.2 Å². The normalized spacial score (nSPS) is 22.6. The number of carbonyl (C=O) groups is 1. The number of carbonyl (C=O) groups excluding carboxylic acids is 1. The molecular weight excluding hydrogens is 444 g/mol. The number of alkyl halides is 6. The van der Waals surface area contributed by atoms with Crippen LogP contribution in [0.1, 0.15) is 27.0 Å². The third-order valence-electron chi connectivity index (χ3n) is 5.67. The molecule has 0 radical (unpaired) electrons. The molecule has 2 fully saturated rings. The van der Waals surface area contributed by atoms with Crippen molar-refractivity contribution in [2.75, 3.05) is 18.0 Å². The number of hydrogen-bond acceptors (Lipinski definition) is 6. The second-order valence-electron chi connectivity index (χ2n) is 7.77. The number of nitrogens with zero attached hydrogens (tertiary/aromatic N) is 3. The van der Waals surface area contributed by atoms with Crippen LogP contribution in [0.15, 0.2) is 30.6 Å². The second-order valence-corrected chi connectivity index (χ2v) is 7.77. The molecule has 32 heavy (non-hydrogen) atoms. The molecule has 172 valence electrons. The summed E-state index contributed by atoms with van der Waals surface area (Å²) >= 11 is 0. The van der Waals surface area contributed by atoms with Crippen molar-refractivity contribution in [3.8, 4) is 0 Å². The predicted octanol–water partition coefficient (Wildman–Crippen LogP) is 2.86. The van der Waals surface area contributed by atoms with E-state index in [1.54, 1.807) is 0 Å². The fraction of sp³-hybridized carbons (Fsp3) is 0.421. The summed E-state index contributed by atoms with van der Waals surface area (Å²) in [4.78, 5) is 21.3. The van der Waals surface area contributed by atoms with Crippen molar-refractivity contribution in [3.05, 3.63) is 52.8 Å². The van der Waals surface area contributed by atoms with E-state index in [0.29, 0.717) is 19.0 Å². The van der Waals surface area contributed by atoms with Gasteiger partial charge in [0, 0.05) is 38.1 Å². The molecule has 2 heterocycles. The predicted molar refractivity (Wildman–Crippen MR) is 97.6 cm³/mol. The maximum Gasteiger partial charge on any atom is 0.416 e. The van der Waals surface area contributed by atoms with Crippen LogP contribution < -0.4 is 15.7 Å². The van der Waals surface area contributed by atoms with Crippen LogP contribution in [0, 0.1) is 11.8 Å². The number of hydrogen-bond donors (Lipinski definition) is 3. The minimum atomic E-state index is -4.87. The van der Waals surface area contributed by atoms with Crippen LogP contribution in [-0.2, 0) is 18.9 Å². The number of fused-ring (bicyclic) bond motifs is 1. The number of hydroxylamine groups is 1. The van der Waals surface area contributed by atoms with E-state index in [-0.39, 0.29) is 41.6 Å². The van der Waals surface area contributed by atoms with Gasteiger partial charge in [0.1, 0.15) is 0 Å². The Kier molecular flexibility index (Phi) is 5.49. The third kappa shape index (κ3) is 4.48. The summed E-state index contributed by atoms with van der Waals surface area (Å²) < 4.78 is 77.9. The zero-order chi connectivity index (χ0) is 23.3. The Morgan fingerprint density at radius 3 is 2.00 bits per heavy atom. The van der Waals surface area contributed by atoms with Crippen LogP contribution >= 0.6 is 0 Å². The van der Waals surface area contributed by atoms with Crippen molar-refractivity contribution in [1.82, 2.24) is 20.8 Å². The zero-order valence-electron chi connectivity index (χ0n) is 16.2. The fourth-order valence-electron chi connectivity index (χ4n) is 4.02. The van der Waals surface area contributed by atoms with E-state index < -0.39 is 29.4 Å². The highest BCUT2D eigenvalue weighted by atomic mass is 19.4. The second kappa shape index (κ2) is 7.89. The lowest BCUT2D eigenvalue weighted by Gasteiger charge is -2.20. The summed E-state index contributed by atoms with van der Waals surface area (Å²) in [7, 11) is 0. The third-order valence-corrected chi connectivity index (χ3v) is 5.67. The number of benzene rings is 1. The Balaban J connectivity index is 1.36. The first kappa shape index (κ1) is 22.3. The number of aromatic nitrogens is 2. The molecule has 2 aromatic rings. The number of nitrogens with one attached hydrogen (secondary N) is 2. The number of anilines is 1. The van der Waals surface area contributed by atoms with Crippen molar-refractivity contribution in [3.63, 3.8) is 0 Å². The molecule has 2 aliphatic rings. The number of piperidine rings is 1. The average Bonchev–Trinajstić information content (AvgIpc) is 3.19. The lowest BCUT2D eigenvalue weighted by atomic mass is 10.0. The smallest absolute Gasteiger partial charge is 0.340 e. The van der Waals surface area contributed by atoms with E-state index >= 15 is 0 Å². The highest BCUT2D eigenvalue weighted by Gasteiger charge is 2.56. The maximum atomic E-state index is 13.0. The van der Waals surface area contributed by atoms with Crippen LogP contribution in [0.5, 0.6) is 0 Å². The average molecular weight is 461 g/mol. The molecule has 1 aromatic carbocycles. The first-order valence-corrected chi connectivity index (χ1v) is 9.50. The van der Waals surface area contributed by atoms with Gasteiger partial charge in [-0.15, -0.1) is 0 Å². The summed E-state index contributed by atoms with van der Waals surface area (Å²) in [6, 6.07) is 1.53. The Morgan fingerprint density at radius 1 is 1.00 bits per heavy atom. The van der Waals surface area contributed by atoms with E-state index in [1.165, 1.54) is 17.9 Å². The van der Waals surface area contributed by atoms with E-state index in [1.807, 2.05) is 4.90 Å².